The van der Waals surface area contributed by atoms with Crippen molar-refractivity contribution < 1.29 is 14.6 Å². The SMILES string of the molecule is C[C@H]1CN([C@@H](C)CO)C(=O)CCCn2cc(nn2)CO[C@H]1CN(C)C. The van der Waals surface area contributed by atoms with Crippen LogP contribution in [0.1, 0.15) is 32.4 Å². The first-order chi connectivity index (χ1) is 11.9. The third-order valence-corrected chi connectivity index (χ3v) is 4.59. The lowest BCUT2D eigenvalue weighted by molar-refractivity contribution is -0.136. The van der Waals surface area contributed by atoms with Gasteiger partial charge in [0, 0.05) is 32.0 Å². The monoisotopic (exact) mass is 353 g/mol. The third kappa shape index (κ3) is 5.76. The second-order valence-corrected chi connectivity index (χ2v) is 7.24. The molecule has 0 unspecified atom stereocenters. The van der Waals surface area contributed by atoms with Crippen LogP contribution in [0.4, 0.5) is 0 Å². The number of rotatable bonds is 4. The maximum Gasteiger partial charge on any atom is 0.222 e. The van der Waals surface area contributed by atoms with E-state index >= 15 is 0 Å². The summed E-state index contributed by atoms with van der Waals surface area (Å²) in [6.07, 6.45) is 2.98. The van der Waals surface area contributed by atoms with Gasteiger partial charge in [-0.15, -0.1) is 5.10 Å². The van der Waals surface area contributed by atoms with Gasteiger partial charge in [-0.2, -0.15) is 0 Å². The van der Waals surface area contributed by atoms with Gasteiger partial charge in [0.2, 0.25) is 5.91 Å². The largest absolute Gasteiger partial charge is 0.394 e. The van der Waals surface area contributed by atoms with Crippen molar-refractivity contribution in [2.45, 2.75) is 52.0 Å². The smallest absolute Gasteiger partial charge is 0.222 e. The third-order valence-electron chi connectivity index (χ3n) is 4.59. The molecule has 2 bridgehead atoms. The van der Waals surface area contributed by atoms with E-state index in [1.807, 2.05) is 27.2 Å². The summed E-state index contributed by atoms with van der Waals surface area (Å²) in [6, 6.07) is -0.197. The van der Waals surface area contributed by atoms with Gasteiger partial charge in [-0.25, -0.2) is 0 Å². The van der Waals surface area contributed by atoms with Crippen molar-refractivity contribution in [1.29, 1.82) is 0 Å². The van der Waals surface area contributed by atoms with E-state index in [1.165, 1.54) is 0 Å². The molecule has 25 heavy (non-hydrogen) atoms. The first-order valence-corrected chi connectivity index (χ1v) is 8.96. The number of aliphatic hydroxyl groups excluding tert-OH is 1. The van der Waals surface area contributed by atoms with Gasteiger partial charge in [0.1, 0.15) is 5.69 Å². The van der Waals surface area contributed by atoms with Crippen LogP contribution in [-0.4, -0.2) is 81.7 Å². The fourth-order valence-corrected chi connectivity index (χ4v) is 3.05. The molecule has 8 nitrogen and oxygen atoms in total. The predicted molar refractivity (Wildman–Crippen MR) is 93.8 cm³/mol. The van der Waals surface area contributed by atoms with E-state index in [2.05, 4.69) is 22.1 Å². The minimum atomic E-state index is -0.197. The fraction of sp³-hybridized carbons (Fsp3) is 0.824. The van der Waals surface area contributed by atoms with E-state index in [0.717, 1.165) is 12.2 Å². The molecule has 1 aliphatic rings. The molecule has 1 aromatic rings. The highest BCUT2D eigenvalue weighted by atomic mass is 16.5. The molecule has 3 atom stereocenters. The molecule has 142 valence electrons. The van der Waals surface area contributed by atoms with Gasteiger partial charge in [0.15, 0.2) is 0 Å². The minimum absolute atomic E-state index is 0.0380. The number of likely N-dealkylation sites (N-methyl/N-ethyl adjacent to an activating group) is 1. The molecule has 0 spiro atoms. The molecule has 0 saturated heterocycles. The zero-order chi connectivity index (χ0) is 18.4. The summed E-state index contributed by atoms with van der Waals surface area (Å²) in [6.45, 7) is 6.32. The van der Waals surface area contributed by atoms with Crippen LogP contribution in [0.3, 0.4) is 0 Å². The quantitative estimate of drug-likeness (QED) is 0.842. The van der Waals surface area contributed by atoms with E-state index in [1.54, 1.807) is 9.58 Å². The average Bonchev–Trinajstić information content (AvgIpc) is 3.02. The average molecular weight is 353 g/mol. The Morgan fingerprint density at radius 1 is 1.48 bits per heavy atom. The molecular weight excluding hydrogens is 322 g/mol. The highest BCUT2D eigenvalue weighted by Gasteiger charge is 2.27. The highest BCUT2D eigenvalue weighted by molar-refractivity contribution is 5.76. The molecule has 2 heterocycles. The van der Waals surface area contributed by atoms with Gasteiger partial charge in [0.05, 0.1) is 31.6 Å². The summed E-state index contributed by atoms with van der Waals surface area (Å²) in [4.78, 5) is 16.5. The van der Waals surface area contributed by atoms with Crippen molar-refractivity contribution in [2.24, 2.45) is 5.92 Å². The molecule has 0 aromatic carbocycles. The van der Waals surface area contributed by atoms with E-state index in [-0.39, 0.29) is 30.6 Å². The van der Waals surface area contributed by atoms with Crippen LogP contribution in [0.25, 0.3) is 0 Å². The van der Waals surface area contributed by atoms with Crippen molar-refractivity contribution in [1.82, 2.24) is 24.8 Å². The fourth-order valence-electron chi connectivity index (χ4n) is 3.05. The van der Waals surface area contributed by atoms with Crippen LogP contribution < -0.4 is 0 Å². The van der Waals surface area contributed by atoms with Gasteiger partial charge in [-0.3, -0.25) is 9.48 Å². The van der Waals surface area contributed by atoms with E-state index in [9.17, 15) is 9.90 Å². The summed E-state index contributed by atoms with van der Waals surface area (Å²) in [5, 5.41) is 17.8. The molecule has 0 fully saturated rings. The normalized spacial score (nSPS) is 24.6. The lowest BCUT2D eigenvalue weighted by atomic mass is 10.0. The summed E-state index contributed by atoms with van der Waals surface area (Å²) >= 11 is 0. The Hall–Kier alpha value is -1.51. The number of carbonyl (C=O) groups is 1. The van der Waals surface area contributed by atoms with E-state index < -0.39 is 0 Å². The Balaban J connectivity index is 2.20. The maximum absolute atomic E-state index is 12.7. The number of aromatic nitrogens is 3. The summed E-state index contributed by atoms with van der Waals surface area (Å²) < 4.78 is 7.87. The van der Waals surface area contributed by atoms with Crippen LogP contribution in [0, 0.1) is 5.92 Å². The first kappa shape index (κ1) is 19.8. The van der Waals surface area contributed by atoms with Crippen LogP contribution in [0.5, 0.6) is 0 Å². The van der Waals surface area contributed by atoms with Gasteiger partial charge in [0.25, 0.3) is 0 Å². The van der Waals surface area contributed by atoms with Crippen molar-refractivity contribution >= 4 is 5.91 Å². The molecule has 0 radical (unpaired) electrons. The second-order valence-electron chi connectivity index (χ2n) is 7.24. The van der Waals surface area contributed by atoms with E-state index in [4.69, 9.17) is 4.74 Å². The standard InChI is InChI=1S/C17H31N5O3/c1-13-8-22(14(2)11-23)17(24)6-5-7-21-9-15(18-19-21)12-25-16(13)10-20(3)4/h9,13-14,16,23H,5-8,10-12H2,1-4H3/t13-,14-,16-/m0/s1. The number of nitrogens with zero attached hydrogens (tertiary/aromatic N) is 5. The number of carbonyl (C=O) groups excluding carboxylic acids is 1. The number of aryl methyl sites for hydroxylation is 1. The Labute approximate surface area is 149 Å². The molecule has 2 rings (SSSR count). The van der Waals surface area contributed by atoms with Crippen molar-refractivity contribution in [3.8, 4) is 0 Å². The number of ether oxygens (including phenoxy) is 1. The van der Waals surface area contributed by atoms with Gasteiger partial charge < -0.3 is 19.6 Å². The van der Waals surface area contributed by atoms with Crippen LogP contribution in [0.2, 0.25) is 0 Å². The molecular formula is C17H31N5O3. The van der Waals surface area contributed by atoms with Crippen LogP contribution >= 0.6 is 0 Å². The molecule has 1 N–H and O–H groups in total. The Morgan fingerprint density at radius 3 is 2.92 bits per heavy atom. The van der Waals surface area contributed by atoms with Crippen LogP contribution in [-0.2, 0) is 22.7 Å². The maximum atomic E-state index is 12.7. The topological polar surface area (TPSA) is 83.7 Å². The van der Waals surface area contributed by atoms with Crippen LogP contribution in [0.15, 0.2) is 6.20 Å². The van der Waals surface area contributed by atoms with Gasteiger partial charge in [-0.05, 0) is 27.4 Å². The lowest BCUT2D eigenvalue weighted by Crippen LogP contribution is -2.46. The van der Waals surface area contributed by atoms with E-state index in [0.29, 0.717) is 32.5 Å². The van der Waals surface area contributed by atoms with Crippen molar-refractivity contribution in [2.75, 3.05) is 33.8 Å². The zero-order valence-corrected chi connectivity index (χ0v) is 15.8. The second kappa shape index (κ2) is 9.26. The lowest BCUT2D eigenvalue weighted by Gasteiger charge is -2.34. The number of fused-ring (bicyclic) bond motifs is 2. The first-order valence-electron chi connectivity index (χ1n) is 8.96. The summed E-state index contributed by atoms with van der Waals surface area (Å²) in [7, 11) is 4.01. The highest BCUT2D eigenvalue weighted by Crippen LogP contribution is 2.17. The number of amides is 1. The number of aliphatic hydroxyl groups is 1. The number of hydrogen-bond acceptors (Lipinski definition) is 6. The molecule has 1 amide bonds. The molecule has 1 aromatic heterocycles. The molecule has 1 aliphatic heterocycles. The molecule has 0 aliphatic carbocycles. The van der Waals surface area contributed by atoms with Gasteiger partial charge >= 0.3 is 0 Å². The molecule has 0 saturated carbocycles. The summed E-state index contributed by atoms with van der Waals surface area (Å²) in [5.74, 6) is 0.202. The van der Waals surface area contributed by atoms with Crippen molar-refractivity contribution in [3.05, 3.63) is 11.9 Å². The molecule has 8 heteroatoms. The zero-order valence-electron chi connectivity index (χ0n) is 15.8. The Bertz CT molecular complexity index is 548. The number of hydrogen-bond donors (Lipinski definition) is 1. The Kier molecular flexibility index (Phi) is 7.34. The predicted octanol–water partition coefficient (Wildman–Crippen LogP) is 0.364. The Morgan fingerprint density at radius 2 is 2.24 bits per heavy atom. The summed E-state index contributed by atoms with van der Waals surface area (Å²) in [5.41, 5.74) is 0.808. The van der Waals surface area contributed by atoms with Gasteiger partial charge in [-0.1, -0.05) is 12.1 Å². The van der Waals surface area contributed by atoms with Crippen molar-refractivity contribution in [3.63, 3.8) is 0 Å². The minimum Gasteiger partial charge on any atom is -0.394 e.